The summed E-state index contributed by atoms with van der Waals surface area (Å²) in [6, 6.07) is 15.1. The molecule has 0 bridgehead atoms. The van der Waals surface area contributed by atoms with Crippen LogP contribution in [0.5, 0.6) is 0 Å². The zero-order chi connectivity index (χ0) is 27.8. The van der Waals surface area contributed by atoms with Crippen LogP contribution in [-0.4, -0.2) is 76.7 Å². The summed E-state index contributed by atoms with van der Waals surface area (Å²) in [7, 11) is 1.75. The third-order valence-electron chi connectivity index (χ3n) is 6.97. The molecule has 206 valence electrons. The van der Waals surface area contributed by atoms with Gasteiger partial charge in [-0.15, -0.1) is 0 Å². The van der Waals surface area contributed by atoms with Crippen LogP contribution in [0, 0.1) is 0 Å². The summed E-state index contributed by atoms with van der Waals surface area (Å²) >= 11 is 0. The second-order valence-corrected chi connectivity index (χ2v) is 9.70. The molecule has 2 aromatic carbocycles. The van der Waals surface area contributed by atoms with E-state index in [4.69, 9.17) is 11.5 Å². The van der Waals surface area contributed by atoms with E-state index in [-0.39, 0.29) is 29.4 Å². The summed E-state index contributed by atoms with van der Waals surface area (Å²) in [5.74, 6) is -0.689. The fourth-order valence-corrected chi connectivity index (χ4v) is 4.94. The third-order valence-corrected chi connectivity index (χ3v) is 6.97. The number of rotatable bonds is 12. The molecule has 1 aliphatic rings. The van der Waals surface area contributed by atoms with Gasteiger partial charge >= 0.3 is 0 Å². The monoisotopic (exact) mass is 532 g/mol. The molecule has 11 heteroatoms. The number of aromatic amines is 1. The molecule has 2 amide bonds. The predicted molar refractivity (Wildman–Crippen MR) is 150 cm³/mol. The average Bonchev–Trinajstić information content (AvgIpc) is 3.61. The number of para-hydroxylation sites is 2. The molecule has 0 radical (unpaired) electrons. The maximum Gasteiger partial charge on any atom is 0.243 e. The van der Waals surface area contributed by atoms with Crippen LogP contribution in [0.1, 0.15) is 41.9 Å². The first-order chi connectivity index (χ1) is 18.9. The molecule has 0 spiro atoms. The number of aliphatic imine (C=N–C) groups is 1. The lowest BCUT2D eigenvalue weighted by atomic mass is 10.0. The normalized spacial score (nSPS) is 16.5. The van der Waals surface area contributed by atoms with Crippen LogP contribution in [-0.2, 0) is 16.0 Å². The van der Waals surface area contributed by atoms with Gasteiger partial charge in [-0.1, -0.05) is 42.5 Å². The number of likely N-dealkylation sites (tertiary alicyclic amines) is 1. The van der Waals surface area contributed by atoms with Gasteiger partial charge in [0.2, 0.25) is 17.6 Å². The van der Waals surface area contributed by atoms with Crippen molar-refractivity contribution in [2.45, 2.75) is 50.2 Å². The van der Waals surface area contributed by atoms with Crippen LogP contribution in [0.2, 0.25) is 0 Å². The highest BCUT2D eigenvalue weighted by atomic mass is 16.2. The predicted octanol–water partition coefficient (Wildman–Crippen LogP) is 1.11. The molecule has 1 aromatic heterocycles. The number of aromatic nitrogens is 2. The van der Waals surface area contributed by atoms with E-state index in [0.717, 1.165) is 11.1 Å². The Labute approximate surface area is 227 Å². The van der Waals surface area contributed by atoms with E-state index in [1.165, 1.54) is 0 Å². The smallest absolute Gasteiger partial charge is 0.243 e. The highest BCUT2D eigenvalue weighted by Gasteiger charge is 2.38. The van der Waals surface area contributed by atoms with Crippen molar-refractivity contribution >= 4 is 34.6 Å². The summed E-state index contributed by atoms with van der Waals surface area (Å²) in [6.07, 6.45) is 2.53. The number of fused-ring (bicyclic) bond motifs is 1. The van der Waals surface area contributed by atoms with E-state index < -0.39 is 18.1 Å². The lowest BCUT2D eigenvalue weighted by Crippen LogP contribution is -2.54. The van der Waals surface area contributed by atoms with Crippen molar-refractivity contribution in [3.63, 3.8) is 0 Å². The minimum absolute atomic E-state index is 0.0334. The molecule has 0 aliphatic carbocycles. The number of nitrogens with one attached hydrogen (secondary N) is 3. The molecule has 1 saturated heterocycles. The van der Waals surface area contributed by atoms with Crippen molar-refractivity contribution in [3.8, 4) is 0 Å². The summed E-state index contributed by atoms with van der Waals surface area (Å²) in [6.45, 7) is 0.802. The largest absolute Gasteiger partial charge is 0.370 e. The van der Waals surface area contributed by atoms with Crippen LogP contribution in [0.4, 0.5) is 0 Å². The quantitative estimate of drug-likeness (QED) is 0.101. The molecule has 3 atom stereocenters. The van der Waals surface area contributed by atoms with E-state index in [1.54, 1.807) is 11.9 Å². The van der Waals surface area contributed by atoms with Crippen LogP contribution < -0.4 is 22.1 Å². The molecule has 4 rings (SSSR count). The van der Waals surface area contributed by atoms with E-state index in [9.17, 15) is 14.4 Å². The molecule has 3 aromatic rings. The third kappa shape index (κ3) is 6.99. The van der Waals surface area contributed by atoms with Gasteiger partial charge in [0, 0.05) is 13.1 Å². The standard InChI is InChI=1S/C28H36N8O3/c1-31-22(17-18-9-3-2-4-10-18)27(39)36-16-8-14-23(36)26(38)35-21(13-7-15-32-28(29)30)24(37)25-33-19-11-5-6-12-20(19)34-25/h2-6,9-12,21-23,31H,7-8,13-17H2,1H3,(H,33,34)(H,35,38)(H4,29,30,32)/t21-,22+,23-/m0/s1. The number of benzene rings is 2. The van der Waals surface area contributed by atoms with Crippen molar-refractivity contribution in [3.05, 3.63) is 66.0 Å². The van der Waals surface area contributed by atoms with Gasteiger partial charge < -0.3 is 32.0 Å². The highest BCUT2D eigenvalue weighted by Crippen LogP contribution is 2.21. The summed E-state index contributed by atoms with van der Waals surface area (Å²) < 4.78 is 0. The molecule has 1 fully saturated rings. The van der Waals surface area contributed by atoms with E-state index in [2.05, 4.69) is 25.6 Å². The Morgan fingerprint density at radius 2 is 1.85 bits per heavy atom. The molecule has 7 N–H and O–H groups in total. The number of carbonyl (C=O) groups excluding carboxylic acids is 3. The minimum atomic E-state index is -0.853. The Balaban J connectivity index is 1.48. The van der Waals surface area contributed by atoms with Crippen LogP contribution >= 0.6 is 0 Å². The van der Waals surface area contributed by atoms with Gasteiger partial charge in [-0.05, 0) is 56.8 Å². The number of nitrogens with two attached hydrogens (primary N) is 2. The molecular weight excluding hydrogens is 496 g/mol. The number of ketones is 1. The van der Waals surface area contributed by atoms with Crippen LogP contribution in [0.3, 0.4) is 0 Å². The maximum atomic E-state index is 13.5. The summed E-state index contributed by atoms with van der Waals surface area (Å²) in [5, 5.41) is 6.01. The summed E-state index contributed by atoms with van der Waals surface area (Å²) in [4.78, 5) is 53.5. The summed E-state index contributed by atoms with van der Waals surface area (Å²) in [5.41, 5.74) is 13.3. The zero-order valence-electron chi connectivity index (χ0n) is 22.1. The topological polar surface area (TPSA) is 172 Å². The molecular formula is C28H36N8O3. The first kappa shape index (κ1) is 27.8. The van der Waals surface area contributed by atoms with Gasteiger partial charge in [0.25, 0.3) is 0 Å². The fourth-order valence-electron chi connectivity index (χ4n) is 4.94. The van der Waals surface area contributed by atoms with Gasteiger partial charge in [-0.25, -0.2) is 4.98 Å². The maximum absolute atomic E-state index is 13.5. The average molecular weight is 533 g/mol. The van der Waals surface area contributed by atoms with E-state index >= 15 is 0 Å². The molecule has 11 nitrogen and oxygen atoms in total. The van der Waals surface area contributed by atoms with E-state index in [1.807, 2.05) is 54.6 Å². The van der Waals surface area contributed by atoms with E-state index in [0.29, 0.717) is 50.7 Å². The zero-order valence-corrected chi connectivity index (χ0v) is 22.1. The number of likely N-dealkylation sites (N-methyl/N-ethyl adjacent to an activating group) is 1. The van der Waals surface area contributed by atoms with Crippen molar-refractivity contribution in [2.24, 2.45) is 16.5 Å². The van der Waals surface area contributed by atoms with Gasteiger partial charge in [-0.3, -0.25) is 19.4 Å². The number of hydrogen-bond acceptors (Lipinski definition) is 6. The lowest BCUT2D eigenvalue weighted by Gasteiger charge is -2.29. The Kier molecular flexibility index (Phi) is 9.27. The molecule has 2 heterocycles. The first-order valence-corrected chi connectivity index (χ1v) is 13.2. The van der Waals surface area contributed by atoms with Gasteiger partial charge in [-0.2, -0.15) is 0 Å². The lowest BCUT2D eigenvalue weighted by molar-refractivity contribution is -0.140. The minimum Gasteiger partial charge on any atom is -0.370 e. The number of hydrogen-bond donors (Lipinski definition) is 5. The number of nitrogens with zero attached hydrogens (tertiary/aromatic N) is 3. The Hall–Kier alpha value is -4.25. The number of guanidine groups is 1. The number of imidazole rings is 1. The Morgan fingerprint density at radius 3 is 2.56 bits per heavy atom. The van der Waals surface area contributed by atoms with Crippen molar-refractivity contribution in [2.75, 3.05) is 20.1 Å². The SMILES string of the molecule is CN[C@H](Cc1ccccc1)C(=O)N1CCC[C@H]1C(=O)N[C@@H](CCCN=C(N)N)C(=O)c1nc2ccccc2[nH]1. The number of carbonyl (C=O) groups is 3. The second-order valence-electron chi connectivity index (χ2n) is 9.70. The van der Waals surface area contributed by atoms with Gasteiger partial charge in [0.1, 0.15) is 6.04 Å². The molecule has 1 aliphatic heterocycles. The van der Waals surface area contributed by atoms with Crippen molar-refractivity contribution in [1.29, 1.82) is 0 Å². The van der Waals surface area contributed by atoms with Gasteiger partial charge in [0.05, 0.1) is 23.1 Å². The fraction of sp³-hybridized carbons (Fsp3) is 0.393. The van der Waals surface area contributed by atoms with Crippen molar-refractivity contribution in [1.82, 2.24) is 25.5 Å². The van der Waals surface area contributed by atoms with Gasteiger partial charge in [0.15, 0.2) is 11.8 Å². The molecule has 0 saturated carbocycles. The number of Topliss-reactive ketones (excluding diaryl/α,β-unsaturated/α-hetero) is 1. The molecule has 39 heavy (non-hydrogen) atoms. The van der Waals surface area contributed by atoms with Crippen LogP contribution in [0.15, 0.2) is 59.6 Å². The van der Waals surface area contributed by atoms with Crippen molar-refractivity contribution < 1.29 is 14.4 Å². The number of H-pyrrole nitrogens is 1. The Bertz CT molecular complexity index is 1290. The number of amides is 2. The Morgan fingerprint density at radius 1 is 1.10 bits per heavy atom. The van der Waals surface area contributed by atoms with Crippen LogP contribution in [0.25, 0.3) is 11.0 Å². The highest BCUT2D eigenvalue weighted by molar-refractivity contribution is 6.02. The second kappa shape index (κ2) is 13.0. The molecule has 0 unspecified atom stereocenters. The first-order valence-electron chi connectivity index (χ1n) is 13.2.